The van der Waals surface area contributed by atoms with Crippen LogP contribution in [0.4, 0.5) is 0 Å². The molecule has 0 radical (unpaired) electrons. The largest absolute Gasteiger partial charge is 0.422 e. The van der Waals surface area contributed by atoms with E-state index in [0.29, 0.717) is 32.9 Å². The van der Waals surface area contributed by atoms with Gasteiger partial charge in [0.1, 0.15) is 5.75 Å². The van der Waals surface area contributed by atoms with Crippen LogP contribution in [0, 0.1) is 0 Å². The number of para-hydroxylation sites is 1. The number of carbonyl (C=O) groups is 1. The lowest BCUT2D eigenvalue weighted by atomic mass is 10.2. The van der Waals surface area contributed by atoms with Crippen LogP contribution in [0.25, 0.3) is 22.3 Å². The number of fused-ring (bicyclic) bond motifs is 1. The third kappa shape index (κ3) is 4.77. The highest BCUT2D eigenvalue weighted by Crippen LogP contribution is 2.25. The Morgan fingerprint density at radius 1 is 0.889 bits per heavy atom. The van der Waals surface area contributed by atoms with E-state index in [9.17, 15) is 9.59 Å². The van der Waals surface area contributed by atoms with Crippen LogP contribution in [-0.2, 0) is 0 Å². The summed E-state index contributed by atoms with van der Waals surface area (Å²) in [4.78, 5) is 30.8. The summed E-state index contributed by atoms with van der Waals surface area (Å²) in [7, 11) is 0. The molecule has 176 valence electrons. The molecule has 1 heterocycles. The maximum atomic E-state index is 13.4. The van der Waals surface area contributed by atoms with Gasteiger partial charge in [0.25, 0.3) is 5.56 Å². The fourth-order valence-electron chi connectivity index (χ4n) is 3.62. The SMILES string of the molecule is O=C(Oc1ccc(Cl)cc1C=Nn1c(-c2ccccc2)nc2ccccc2c1=O)c1ccccc1Cl. The van der Waals surface area contributed by atoms with Gasteiger partial charge in [-0.05, 0) is 42.5 Å². The van der Waals surface area contributed by atoms with Gasteiger partial charge in [0.15, 0.2) is 5.82 Å². The number of carbonyl (C=O) groups excluding carboxylic acids is 1. The highest BCUT2D eigenvalue weighted by atomic mass is 35.5. The second-order valence-corrected chi connectivity index (χ2v) is 8.58. The molecule has 36 heavy (non-hydrogen) atoms. The van der Waals surface area contributed by atoms with E-state index in [1.54, 1.807) is 60.7 Å². The van der Waals surface area contributed by atoms with E-state index in [0.717, 1.165) is 0 Å². The monoisotopic (exact) mass is 513 g/mol. The Hall–Kier alpha value is -4.26. The highest BCUT2D eigenvalue weighted by Gasteiger charge is 2.16. The summed E-state index contributed by atoms with van der Waals surface area (Å²) in [6.45, 7) is 0. The molecule has 0 aliphatic carbocycles. The van der Waals surface area contributed by atoms with Gasteiger partial charge in [-0.25, -0.2) is 9.78 Å². The van der Waals surface area contributed by atoms with Crippen LogP contribution >= 0.6 is 23.2 Å². The summed E-state index contributed by atoms with van der Waals surface area (Å²) in [6, 6.07) is 27.7. The van der Waals surface area contributed by atoms with Gasteiger partial charge in [0, 0.05) is 16.1 Å². The van der Waals surface area contributed by atoms with Crippen LogP contribution in [0.3, 0.4) is 0 Å². The van der Waals surface area contributed by atoms with Crippen molar-refractivity contribution in [2.75, 3.05) is 0 Å². The number of benzene rings is 4. The van der Waals surface area contributed by atoms with E-state index in [2.05, 4.69) is 10.1 Å². The second-order valence-electron chi connectivity index (χ2n) is 7.73. The molecule has 1 aromatic heterocycles. The minimum atomic E-state index is -0.632. The molecular formula is C28H17Cl2N3O3. The molecule has 5 aromatic rings. The molecule has 4 aromatic carbocycles. The smallest absolute Gasteiger partial charge is 0.345 e. The summed E-state index contributed by atoms with van der Waals surface area (Å²) in [5.74, 6) is -0.0598. The molecule has 0 unspecified atom stereocenters. The molecular weight excluding hydrogens is 497 g/mol. The van der Waals surface area contributed by atoms with Gasteiger partial charge in [-0.15, -0.1) is 0 Å². The van der Waals surface area contributed by atoms with Crippen LogP contribution in [0.5, 0.6) is 5.75 Å². The van der Waals surface area contributed by atoms with E-state index >= 15 is 0 Å². The predicted molar refractivity (Wildman–Crippen MR) is 142 cm³/mol. The molecule has 0 saturated heterocycles. The third-order valence-corrected chi connectivity index (χ3v) is 5.93. The first kappa shape index (κ1) is 23.5. The zero-order chi connectivity index (χ0) is 25.1. The first-order chi connectivity index (χ1) is 17.5. The molecule has 0 aliphatic rings. The maximum absolute atomic E-state index is 13.4. The van der Waals surface area contributed by atoms with E-state index in [1.807, 2.05) is 36.4 Å². The van der Waals surface area contributed by atoms with Crippen molar-refractivity contribution < 1.29 is 9.53 Å². The maximum Gasteiger partial charge on any atom is 0.345 e. The summed E-state index contributed by atoms with van der Waals surface area (Å²) in [5.41, 5.74) is 1.55. The Labute approximate surface area is 216 Å². The van der Waals surface area contributed by atoms with Crippen LogP contribution in [0.15, 0.2) is 107 Å². The number of esters is 1. The van der Waals surface area contributed by atoms with Gasteiger partial charge in [-0.3, -0.25) is 4.79 Å². The minimum absolute atomic E-state index is 0.205. The molecule has 0 saturated carbocycles. The first-order valence-electron chi connectivity index (χ1n) is 10.9. The van der Waals surface area contributed by atoms with Crippen LogP contribution in [-0.4, -0.2) is 21.8 Å². The Bertz CT molecular complexity index is 1680. The summed E-state index contributed by atoms with van der Waals surface area (Å²) < 4.78 is 6.82. The number of hydrogen-bond donors (Lipinski definition) is 0. The fraction of sp³-hybridized carbons (Fsp3) is 0. The van der Waals surface area contributed by atoms with Crippen molar-refractivity contribution >= 4 is 46.3 Å². The number of hydrogen-bond acceptors (Lipinski definition) is 5. The number of ether oxygens (including phenoxy) is 1. The van der Waals surface area contributed by atoms with Gasteiger partial charge in [0.05, 0.1) is 27.7 Å². The Balaban J connectivity index is 1.60. The molecule has 0 spiro atoms. The Morgan fingerprint density at radius 2 is 1.61 bits per heavy atom. The van der Waals surface area contributed by atoms with E-state index < -0.39 is 5.97 Å². The number of halogens is 2. The minimum Gasteiger partial charge on any atom is -0.422 e. The number of aromatic nitrogens is 2. The summed E-state index contributed by atoms with van der Waals surface area (Å²) in [5, 5.41) is 5.54. The summed E-state index contributed by atoms with van der Waals surface area (Å²) >= 11 is 12.3. The van der Waals surface area contributed by atoms with Crippen molar-refractivity contribution in [2.45, 2.75) is 0 Å². The Kier molecular flexibility index (Phi) is 6.62. The lowest BCUT2D eigenvalue weighted by Crippen LogP contribution is -2.20. The Morgan fingerprint density at radius 3 is 2.42 bits per heavy atom. The molecule has 8 heteroatoms. The van der Waals surface area contributed by atoms with Crippen LogP contribution in [0.2, 0.25) is 10.0 Å². The molecule has 5 rings (SSSR count). The lowest BCUT2D eigenvalue weighted by Gasteiger charge is -2.11. The fourth-order valence-corrected chi connectivity index (χ4v) is 4.01. The third-order valence-electron chi connectivity index (χ3n) is 5.37. The molecule has 0 fully saturated rings. The van der Waals surface area contributed by atoms with Crippen molar-refractivity contribution in [3.05, 3.63) is 129 Å². The van der Waals surface area contributed by atoms with Crippen molar-refractivity contribution in [1.82, 2.24) is 9.66 Å². The quantitative estimate of drug-likeness (QED) is 0.153. The van der Waals surface area contributed by atoms with Crippen LogP contribution in [0.1, 0.15) is 15.9 Å². The molecule has 0 N–H and O–H groups in total. The molecule has 0 atom stereocenters. The zero-order valence-electron chi connectivity index (χ0n) is 18.6. The number of rotatable bonds is 5. The normalized spacial score (nSPS) is 11.2. The first-order valence-corrected chi connectivity index (χ1v) is 11.6. The van der Waals surface area contributed by atoms with Crippen molar-refractivity contribution in [2.24, 2.45) is 5.10 Å². The zero-order valence-corrected chi connectivity index (χ0v) is 20.1. The van der Waals surface area contributed by atoms with Gasteiger partial charge < -0.3 is 4.74 Å². The summed E-state index contributed by atoms with van der Waals surface area (Å²) in [6.07, 6.45) is 1.41. The van der Waals surface area contributed by atoms with E-state index in [1.165, 1.54) is 10.9 Å². The number of nitrogens with zero attached hydrogens (tertiary/aromatic N) is 3. The lowest BCUT2D eigenvalue weighted by molar-refractivity contribution is 0.0734. The van der Waals surface area contributed by atoms with Crippen molar-refractivity contribution in [3.63, 3.8) is 0 Å². The predicted octanol–water partition coefficient (Wildman–Crippen LogP) is 6.47. The molecule has 6 nitrogen and oxygen atoms in total. The second kappa shape index (κ2) is 10.2. The van der Waals surface area contributed by atoms with E-state index in [-0.39, 0.29) is 21.9 Å². The topological polar surface area (TPSA) is 73.5 Å². The molecule has 0 bridgehead atoms. The van der Waals surface area contributed by atoms with Gasteiger partial charge >= 0.3 is 5.97 Å². The van der Waals surface area contributed by atoms with E-state index in [4.69, 9.17) is 27.9 Å². The average molecular weight is 514 g/mol. The van der Waals surface area contributed by atoms with Gasteiger partial charge in [0.2, 0.25) is 0 Å². The van der Waals surface area contributed by atoms with Gasteiger partial charge in [-0.2, -0.15) is 9.78 Å². The highest BCUT2D eigenvalue weighted by molar-refractivity contribution is 6.33. The van der Waals surface area contributed by atoms with Crippen molar-refractivity contribution in [1.29, 1.82) is 0 Å². The standard InChI is InChI=1S/C28H17Cl2N3O3/c29-20-14-15-25(36-28(35)21-10-4-6-12-23(21)30)19(16-20)17-31-33-26(18-8-2-1-3-9-18)32-24-13-7-5-11-22(24)27(33)34/h1-17H. The molecule has 0 aliphatic heterocycles. The molecule has 0 amide bonds. The van der Waals surface area contributed by atoms with Crippen molar-refractivity contribution in [3.8, 4) is 17.1 Å². The van der Waals surface area contributed by atoms with Crippen LogP contribution < -0.4 is 10.3 Å². The van der Waals surface area contributed by atoms with Gasteiger partial charge in [-0.1, -0.05) is 77.8 Å². The average Bonchev–Trinajstić information content (AvgIpc) is 2.90.